The van der Waals surface area contributed by atoms with Gasteiger partial charge in [0.25, 0.3) is 0 Å². The van der Waals surface area contributed by atoms with Crippen molar-refractivity contribution in [3.63, 3.8) is 0 Å². The number of hydrogen-bond acceptors (Lipinski definition) is 2. The van der Waals surface area contributed by atoms with Crippen LogP contribution in [0.2, 0.25) is 10.0 Å². The highest BCUT2D eigenvalue weighted by Crippen LogP contribution is 2.40. The molecule has 1 aromatic carbocycles. The summed E-state index contributed by atoms with van der Waals surface area (Å²) in [5.41, 5.74) is 1.06. The van der Waals surface area contributed by atoms with Crippen molar-refractivity contribution in [2.75, 3.05) is 13.1 Å². The largest absolute Gasteiger partial charge is 0.297 e. The summed E-state index contributed by atoms with van der Waals surface area (Å²) >= 11 is 12.4. The Morgan fingerprint density at radius 3 is 2.53 bits per heavy atom. The van der Waals surface area contributed by atoms with Gasteiger partial charge in [0.1, 0.15) is 0 Å². The lowest BCUT2D eigenvalue weighted by atomic mass is 9.90. The van der Waals surface area contributed by atoms with Gasteiger partial charge in [0.05, 0.1) is 22.0 Å². The Balaban J connectivity index is 2.34. The van der Waals surface area contributed by atoms with Crippen molar-refractivity contribution in [1.29, 1.82) is 5.26 Å². The molecule has 1 aromatic rings. The molecule has 2 atom stereocenters. The summed E-state index contributed by atoms with van der Waals surface area (Å²) in [5, 5.41) is 10.5. The van der Waals surface area contributed by atoms with Crippen molar-refractivity contribution in [3.8, 4) is 6.07 Å². The standard InChI is InChI=1S/C15H18Cl2N2/c1-15(2,3)19-8-10(7-18)12(9-19)11-5-4-6-13(16)14(11)17/h4-6,10,12H,8-9H2,1-3H3/t10-,12-/m0/s1. The first kappa shape index (κ1) is 14.7. The highest BCUT2D eigenvalue weighted by molar-refractivity contribution is 6.42. The highest BCUT2D eigenvalue weighted by atomic mass is 35.5. The maximum Gasteiger partial charge on any atom is 0.0676 e. The van der Waals surface area contributed by atoms with E-state index in [9.17, 15) is 5.26 Å². The summed E-state index contributed by atoms with van der Waals surface area (Å²) in [6.45, 7) is 8.14. The topological polar surface area (TPSA) is 27.0 Å². The minimum Gasteiger partial charge on any atom is -0.297 e. The predicted molar refractivity (Wildman–Crippen MR) is 79.6 cm³/mol. The van der Waals surface area contributed by atoms with Gasteiger partial charge in [-0.25, -0.2) is 0 Å². The normalized spacial score (nSPS) is 24.4. The van der Waals surface area contributed by atoms with Crippen molar-refractivity contribution in [2.45, 2.75) is 32.2 Å². The zero-order valence-corrected chi connectivity index (χ0v) is 13.0. The van der Waals surface area contributed by atoms with E-state index < -0.39 is 0 Å². The van der Waals surface area contributed by atoms with Crippen LogP contribution < -0.4 is 0 Å². The molecule has 2 rings (SSSR count). The smallest absolute Gasteiger partial charge is 0.0676 e. The van der Waals surface area contributed by atoms with Crippen molar-refractivity contribution in [1.82, 2.24) is 4.90 Å². The van der Waals surface area contributed by atoms with Crippen molar-refractivity contribution < 1.29 is 0 Å². The second-order valence-electron chi connectivity index (χ2n) is 6.06. The lowest BCUT2D eigenvalue weighted by molar-refractivity contribution is 0.170. The molecular weight excluding hydrogens is 279 g/mol. The molecule has 0 bridgehead atoms. The average Bonchev–Trinajstić information content (AvgIpc) is 2.76. The van der Waals surface area contributed by atoms with E-state index in [-0.39, 0.29) is 17.4 Å². The number of rotatable bonds is 1. The molecule has 0 aliphatic carbocycles. The van der Waals surface area contributed by atoms with E-state index in [2.05, 4.69) is 31.7 Å². The molecule has 1 heterocycles. The number of halogens is 2. The third kappa shape index (κ3) is 2.89. The van der Waals surface area contributed by atoms with E-state index in [1.165, 1.54) is 0 Å². The van der Waals surface area contributed by atoms with Crippen LogP contribution in [0.3, 0.4) is 0 Å². The van der Waals surface area contributed by atoms with Gasteiger partial charge < -0.3 is 0 Å². The molecule has 1 saturated heterocycles. The molecule has 0 spiro atoms. The van der Waals surface area contributed by atoms with Crippen LogP contribution in [0.25, 0.3) is 0 Å². The van der Waals surface area contributed by atoms with E-state index in [1.807, 2.05) is 12.1 Å². The summed E-state index contributed by atoms with van der Waals surface area (Å²) in [6.07, 6.45) is 0. The lowest BCUT2D eigenvalue weighted by Gasteiger charge is -2.31. The Morgan fingerprint density at radius 2 is 1.95 bits per heavy atom. The van der Waals surface area contributed by atoms with Gasteiger partial charge in [-0.1, -0.05) is 35.3 Å². The summed E-state index contributed by atoms with van der Waals surface area (Å²) in [7, 11) is 0. The summed E-state index contributed by atoms with van der Waals surface area (Å²) in [4.78, 5) is 2.34. The fourth-order valence-electron chi connectivity index (χ4n) is 2.60. The molecule has 2 nitrogen and oxygen atoms in total. The van der Waals surface area contributed by atoms with E-state index in [0.29, 0.717) is 10.0 Å². The molecule has 19 heavy (non-hydrogen) atoms. The van der Waals surface area contributed by atoms with Gasteiger partial charge in [0.15, 0.2) is 0 Å². The van der Waals surface area contributed by atoms with Crippen molar-refractivity contribution in [3.05, 3.63) is 33.8 Å². The Morgan fingerprint density at radius 1 is 1.26 bits per heavy atom. The molecule has 102 valence electrons. The Hall–Kier alpha value is -0.750. The fraction of sp³-hybridized carbons (Fsp3) is 0.533. The SMILES string of the molecule is CC(C)(C)N1C[C@H](c2cccc(Cl)c2Cl)[C@@H](C#N)C1. The van der Waals surface area contributed by atoms with Gasteiger partial charge in [0, 0.05) is 24.5 Å². The van der Waals surface area contributed by atoms with Gasteiger partial charge in [-0.15, -0.1) is 0 Å². The summed E-state index contributed by atoms with van der Waals surface area (Å²) in [6, 6.07) is 8.08. The Labute approximate surface area is 124 Å². The fourth-order valence-corrected chi connectivity index (χ4v) is 3.05. The molecule has 0 radical (unpaired) electrons. The summed E-state index contributed by atoms with van der Waals surface area (Å²) in [5.74, 6) is 0.102. The van der Waals surface area contributed by atoms with Crippen LogP contribution in [0.5, 0.6) is 0 Å². The average molecular weight is 297 g/mol. The van der Waals surface area contributed by atoms with Gasteiger partial charge >= 0.3 is 0 Å². The van der Waals surface area contributed by atoms with Crippen LogP contribution in [-0.4, -0.2) is 23.5 Å². The molecule has 0 unspecified atom stereocenters. The number of likely N-dealkylation sites (tertiary alicyclic amines) is 1. The Kier molecular flexibility index (Phi) is 4.11. The molecule has 0 amide bonds. The number of nitrogens with zero attached hydrogens (tertiary/aromatic N) is 2. The number of benzene rings is 1. The van der Waals surface area contributed by atoms with Crippen LogP contribution in [0.15, 0.2) is 18.2 Å². The molecule has 0 N–H and O–H groups in total. The third-order valence-corrected chi connectivity index (χ3v) is 4.65. The van der Waals surface area contributed by atoms with Crippen molar-refractivity contribution in [2.24, 2.45) is 5.92 Å². The van der Waals surface area contributed by atoms with E-state index in [0.717, 1.165) is 18.7 Å². The molecule has 1 aliphatic heterocycles. The monoisotopic (exact) mass is 296 g/mol. The van der Waals surface area contributed by atoms with Crippen LogP contribution in [0.1, 0.15) is 32.3 Å². The molecule has 0 saturated carbocycles. The van der Waals surface area contributed by atoms with Crippen LogP contribution in [-0.2, 0) is 0 Å². The molecule has 1 fully saturated rings. The van der Waals surface area contributed by atoms with E-state index in [1.54, 1.807) is 6.07 Å². The maximum atomic E-state index is 9.39. The van der Waals surface area contributed by atoms with Gasteiger partial charge in [-0.2, -0.15) is 5.26 Å². The summed E-state index contributed by atoms with van der Waals surface area (Å²) < 4.78 is 0. The third-order valence-electron chi connectivity index (χ3n) is 3.82. The molecule has 4 heteroatoms. The molecular formula is C15H18Cl2N2. The number of nitriles is 1. The quantitative estimate of drug-likeness (QED) is 0.771. The van der Waals surface area contributed by atoms with Crippen molar-refractivity contribution >= 4 is 23.2 Å². The zero-order chi connectivity index (χ0) is 14.2. The molecule has 0 aromatic heterocycles. The first-order valence-corrected chi connectivity index (χ1v) is 7.18. The van der Waals surface area contributed by atoms with Crippen LogP contribution in [0, 0.1) is 17.2 Å². The predicted octanol–water partition coefficient (Wildman–Crippen LogP) is 4.33. The first-order chi connectivity index (χ1) is 8.84. The van der Waals surface area contributed by atoms with Gasteiger partial charge in [-0.3, -0.25) is 4.90 Å². The Bertz CT molecular complexity index is 514. The second kappa shape index (κ2) is 5.32. The van der Waals surface area contributed by atoms with Crippen LogP contribution in [0.4, 0.5) is 0 Å². The van der Waals surface area contributed by atoms with Gasteiger partial charge in [-0.05, 0) is 32.4 Å². The lowest BCUT2D eigenvalue weighted by Crippen LogP contribution is -2.39. The first-order valence-electron chi connectivity index (χ1n) is 6.43. The van der Waals surface area contributed by atoms with E-state index >= 15 is 0 Å². The van der Waals surface area contributed by atoms with Crippen LogP contribution >= 0.6 is 23.2 Å². The molecule has 1 aliphatic rings. The number of hydrogen-bond donors (Lipinski definition) is 0. The minimum atomic E-state index is -0.0322. The highest BCUT2D eigenvalue weighted by Gasteiger charge is 2.39. The van der Waals surface area contributed by atoms with E-state index in [4.69, 9.17) is 23.2 Å². The second-order valence-corrected chi connectivity index (χ2v) is 6.85. The maximum absolute atomic E-state index is 9.39. The minimum absolute atomic E-state index is 0.0322. The van der Waals surface area contributed by atoms with Gasteiger partial charge in [0.2, 0.25) is 0 Å². The zero-order valence-electron chi connectivity index (χ0n) is 11.5.